The second-order valence-corrected chi connectivity index (χ2v) is 4.95. The van der Waals surface area contributed by atoms with Crippen LogP contribution in [0.15, 0.2) is 0 Å². The van der Waals surface area contributed by atoms with Gasteiger partial charge in [0.1, 0.15) is 6.04 Å². The van der Waals surface area contributed by atoms with Crippen LogP contribution in [0.25, 0.3) is 0 Å². The Balaban J connectivity index is 2.26. The molecule has 0 spiro atoms. The van der Waals surface area contributed by atoms with Crippen LogP contribution in [0.5, 0.6) is 0 Å². The molecule has 0 aliphatic carbocycles. The van der Waals surface area contributed by atoms with E-state index < -0.39 is 6.04 Å². The molecule has 17 heavy (non-hydrogen) atoms. The highest BCUT2D eigenvalue weighted by molar-refractivity contribution is 5.87. The number of rotatable bonds is 5. The van der Waals surface area contributed by atoms with E-state index in [1.54, 1.807) is 6.92 Å². The smallest absolute Gasteiger partial charge is 0.242 e. The highest BCUT2D eigenvalue weighted by Crippen LogP contribution is 2.08. The number of amides is 2. The number of hydrogen-bond acceptors (Lipinski definition) is 3. The highest BCUT2D eigenvalue weighted by atomic mass is 16.2. The van der Waals surface area contributed by atoms with Gasteiger partial charge in [-0.25, -0.2) is 0 Å². The lowest BCUT2D eigenvalue weighted by Gasteiger charge is -2.17. The third-order valence-corrected chi connectivity index (χ3v) is 2.80. The standard InChI is InChI=1S/C12H23N3O2/c1-8(2)14-12(17)9(3)15-11(16)7-10-5-4-6-13-10/h8-10,13H,4-7H2,1-3H3,(H,14,17)(H,15,16). The van der Waals surface area contributed by atoms with Crippen LogP contribution in [0.2, 0.25) is 0 Å². The van der Waals surface area contributed by atoms with Crippen LogP contribution in [0.3, 0.4) is 0 Å². The first kappa shape index (κ1) is 14.0. The van der Waals surface area contributed by atoms with Gasteiger partial charge in [-0.2, -0.15) is 0 Å². The molecule has 1 heterocycles. The van der Waals surface area contributed by atoms with Crippen molar-refractivity contribution in [2.24, 2.45) is 0 Å². The average Bonchev–Trinajstić information content (AvgIpc) is 2.68. The summed E-state index contributed by atoms with van der Waals surface area (Å²) in [5, 5.41) is 8.75. The Hall–Kier alpha value is -1.10. The largest absolute Gasteiger partial charge is 0.352 e. The summed E-state index contributed by atoms with van der Waals surface area (Å²) < 4.78 is 0. The maximum atomic E-state index is 11.7. The Morgan fingerprint density at radius 1 is 1.29 bits per heavy atom. The van der Waals surface area contributed by atoms with Crippen molar-refractivity contribution in [2.45, 2.75) is 58.2 Å². The normalized spacial score (nSPS) is 21.3. The summed E-state index contributed by atoms with van der Waals surface area (Å²) >= 11 is 0. The molecule has 1 rings (SSSR count). The van der Waals surface area contributed by atoms with Gasteiger partial charge < -0.3 is 16.0 Å². The fourth-order valence-corrected chi connectivity index (χ4v) is 1.93. The minimum atomic E-state index is -0.466. The minimum Gasteiger partial charge on any atom is -0.352 e. The third-order valence-electron chi connectivity index (χ3n) is 2.80. The first-order valence-electron chi connectivity index (χ1n) is 6.32. The van der Waals surface area contributed by atoms with E-state index in [1.807, 2.05) is 13.8 Å². The van der Waals surface area contributed by atoms with Crippen molar-refractivity contribution >= 4 is 11.8 Å². The van der Waals surface area contributed by atoms with Gasteiger partial charge in [0.15, 0.2) is 0 Å². The van der Waals surface area contributed by atoms with Gasteiger partial charge in [-0.15, -0.1) is 0 Å². The number of nitrogens with one attached hydrogen (secondary N) is 3. The molecular weight excluding hydrogens is 218 g/mol. The molecule has 5 nitrogen and oxygen atoms in total. The molecule has 0 aromatic heterocycles. The van der Waals surface area contributed by atoms with Crippen molar-refractivity contribution < 1.29 is 9.59 Å². The van der Waals surface area contributed by atoms with Gasteiger partial charge in [0.25, 0.3) is 0 Å². The zero-order chi connectivity index (χ0) is 12.8. The van der Waals surface area contributed by atoms with Gasteiger partial charge >= 0.3 is 0 Å². The summed E-state index contributed by atoms with van der Waals surface area (Å²) in [7, 11) is 0. The van der Waals surface area contributed by atoms with Gasteiger partial charge in [-0.3, -0.25) is 9.59 Å². The number of carbonyl (C=O) groups excluding carboxylic acids is 2. The number of carbonyl (C=O) groups is 2. The van der Waals surface area contributed by atoms with E-state index in [2.05, 4.69) is 16.0 Å². The van der Waals surface area contributed by atoms with Crippen molar-refractivity contribution in [3.05, 3.63) is 0 Å². The van der Waals surface area contributed by atoms with Crippen LogP contribution in [0.4, 0.5) is 0 Å². The van der Waals surface area contributed by atoms with Gasteiger partial charge in [0.2, 0.25) is 11.8 Å². The lowest BCUT2D eigenvalue weighted by atomic mass is 10.1. The summed E-state index contributed by atoms with van der Waals surface area (Å²) in [6.07, 6.45) is 2.63. The first-order chi connectivity index (χ1) is 7.99. The zero-order valence-electron chi connectivity index (χ0n) is 10.9. The fourth-order valence-electron chi connectivity index (χ4n) is 1.93. The summed E-state index contributed by atoms with van der Waals surface area (Å²) in [6.45, 7) is 6.49. The predicted molar refractivity (Wildman–Crippen MR) is 66.5 cm³/mol. The van der Waals surface area contributed by atoms with Crippen molar-refractivity contribution in [1.29, 1.82) is 0 Å². The predicted octanol–water partition coefficient (Wildman–Crippen LogP) is 0.158. The van der Waals surface area contributed by atoms with Gasteiger partial charge in [0.05, 0.1) is 0 Å². The van der Waals surface area contributed by atoms with Crippen molar-refractivity contribution in [3.8, 4) is 0 Å². The summed E-state index contributed by atoms with van der Waals surface area (Å²) in [5.41, 5.74) is 0. The lowest BCUT2D eigenvalue weighted by molar-refractivity contribution is -0.129. The molecule has 3 N–H and O–H groups in total. The fraction of sp³-hybridized carbons (Fsp3) is 0.833. The molecule has 1 fully saturated rings. The molecule has 1 aliphatic rings. The van der Waals surface area contributed by atoms with Crippen LogP contribution in [0.1, 0.15) is 40.0 Å². The van der Waals surface area contributed by atoms with Crippen LogP contribution >= 0.6 is 0 Å². The molecule has 0 aromatic carbocycles. The van der Waals surface area contributed by atoms with Crippen LogP contribution in [0, 0.1) is 0 Å². The third kappa shape index (κ3) is 5.17. The first-order valence-corrected chi connectivity index (χ1v) is 6.32. The van der Waals surface area contributed by atoms with Gasteiger partial charge in [-0.05, 0) is 40.2 Å². The molecule has 5 heteroatoms. The Bertz CT molecular complexity index is 273. The second kappa shape index (κ2) is 6.59. The minimum absolute atomic E-state index is 0.0594. The van der Waals surface area contributed by atoms with E-state index in [0.29, 0.717) is 6.42 Å². The van der Waals surface area contributed by atoms with Crippen molar-refractivity contribution in [1.82, 2.24) is 16.0 Å². The Morgan fingerprint density at radius 3 is 2.53 bits per heavy atom. The topological polar surface area (TPSA) is 70.2 Å². The maximum absolute atomic E-state index is 11.7. The van der Waals surface area contributed by atoms with Crippen LogP contribution in [-0.2, 0) is 9.59 Å². The molecule has 0 aromatic rings. The average molecular weight is 241 g/mol. The molecule has 1 saturated heterocycles. The highest BCUT2D eigenvalue weighted by Gasteiger charge is 2.20. The molecule has 0 bridgehead atoms. The summed E-state index contributed by atoms with van der Waals surface area (Å²) in [4.78, 5) is 23.3. The summed E-state index contributed by atoms with van der Waals surface area (Å²) in [5.74, 6) is -0.191. The maximum Gasteiger partial charge on any atom is 0.242 e. The molecule has 2 unspecified atom stereocenters. The Labute approximate surface area is 103 Å². The molecule has 1 aliphatic heterocycles. The quantitative estimate of drug-likeness (QED) is 0.642. The Kier molecular flexibility index (Phi) is 5.41. The lowest BCUT2D eigenvalue weighted by Crippen LogP contribution is -2.47. The second-order valence-electron chi connectivity index (χ2n) is 4.95. The zero-order valence-corrected chi connectivity index (χ0v) is 10.9. The molecular formula is C12H23N3O2. The van der Waals surface area contributed by atoms with E-state index >= 15 is 0 Å². The van der Waals surface area contributed by atoms with Crippen LogP contribution < -0.4 is 16.0 Å². The van der Waals surface area contributed by atoms with Gasteiger partial charge in [0, 0.05) is 18.5 Å². The van der Waals surface area contributed by atoms with E-state index in [1.165, 1.54) is 0 Å². The molecule has 2 amide bonds. The van der Waals surface area contributed by atoms with Crippen molar-refractivity contribution in [2.75, 3.05) is 6.54 Å². The molecule has 0 radical (unpaired) electrons. The van der Waals surface area contributed by atoms with E-state index in [4.69, 9.17) is 0 Å². The monoisotopic (exact) mass is 241 g/mol. The van der Waals surface area contributed by atoms with E-state index in [-0.39, 0.29) is 23.9 Å². The summed E-state index contributed by atoms with van der Waals surface area (Å²) in [6, 6.07) is -0.0972. The van der Waals surface area contributed by atoms with Crippen molar-refractivity contribution in [3.63, 3.8) is 0 Å². The van der Waals surface area contributed by atoms with Gasteiger partial charge in [-0.1, -0.05) is 0 Å². The number of hydrogen-bond donors (Lipinski definition) is 3. The van der Waals surface area contributed by atoms with Crippen LogP contribution in [-0.4, -0.2) is 36.5 Å². The SMILES string of the molecule is CC(C)NC(=O)C(C)NC(=O)CC1CCCN1. The van der Waals surface area contributed by atoms with E-state index in [0.717, 1.165) is 19.4 Å². The molecule has 98 valence electrons. The molecule has 2 atom stereocenters. The Morgan fingerprint density at radius 2 is 2.00 bits per heavy atom. The van der Waals surface area contributed by atoms with E-state index in [9.17, 15) is 9.59 Å². The molecule has 0 saturated carbocycles.